The summed E-state index contributed by atoms with van der Waals surface area (Å²) in [5.74, 6) is -0.687. The van der Waals surface area contributed by atoms with E-state index >= 15 is 0 Å². The number of aryl methyl sites for hydroxylation is 2. The molecule has 3 aromatic rings. The number of nitrogens with two attached hydrogens (primary N) is 2. The summed E-state index contributed by atoms with van der Waals surface area (Å²) in [4.78, 5) is 11.4. The van der Waals surface area contributed by atoms with Gasteiger partial charge < -0.3 is 11.5 Å². The molecule has 2 aromatic carbocycles. The molecule has 4 N–H and O–H groups in total. The predicted molar refractivity (Wildman–Crippen MR) is 101 cm³/mol. The molecule has 0 bridgehead atoms. The first-order valence-electron chi connectivity index (χ1n) is 7.75. The maximum absolute atomic E-state index is 11.4. The van der Waals surface area contributed by atoms with Crippen molar-refractivity contribution in [1.29, 1.82) is 0 Å². The maximum atomic E-state index is 11.4. The van der Waals surface area contributed by atoms with Gasteiger partial charge in [0, 0.05) is 15.4 Å². The molecule has 0 aliphatic rings. The van der Waals surface area contributed by atoms with E-state index in [0.29, 0.717) is 20.9 Å². The van der Waals surface area contributed by atoms with E-state index in [2.05, 4.69) is 10.2 Å². The number of carbonyl (C=O) groups excluding carboxylic acids is 1. The molecule has 1 amide bonds. The van der Waals surface area contributed by atoms with Crippen molar-refractivity contribution >= 4 is 45.7 Å². The lowest BCUT2D eigenvalue weighted by Crippen LogP contribution is -2.17. The summed E-state index contributed by atoms with van der Waals surface area (Å²) in [5.41, 5.74) is 14.2. The van der Waals surface area contributed by atoms with Crippen molar-refractivity contribution in [1.82, 2.24) is 10.2 Å². The van der Waals surface area contributed by atoms with Crippen molar-refractivity contribution in [3.05, 3.63) is 63.3 Å². The Kier molecular flexibility index (Phi) is 5.06. The molecule has 0 aliphatic heterocycles. The van der Waals surface area contributed by atoms with Gasteiger partial charge in [-0.25, -0.2) is 0 Å². The number of amides is 1. The molecule has 0 spiro atoms. The topological polar surface area (TPSA) is 94.9 Å². The van der Waals surface area contributed by atoms with Crippen LogP contribution in [0.4, 0.5) is 5.69 Å². The van der Waals surface area contributed by atoms with Gasteiger partial charge in [0.05, 0.1) is 11.2 Å². The Balaban J connectivity index is 1.83. The van der Waals surface area contributed by atoms with Crippen molar-refractivity contribution in [2.24, 2.45) is 5.73 Å². The van der Waals surface area contributed by atoms with Crippen LogP contribution in [0, 0.1) is 0 Å². The molecule has 0 aliphatic carbocycles. The van der Waals surface area contributed by atoms with Gasteiger partial charge in [-0.05, 0) is 48.6 Å². The van der Waals surface area contributed by atoms with Crippen LogP contribution in [0.3, 0.4) is 0 Å². The minimum absolute atomic E-state index is 0.00430. The first kappa shape index (κ1) is 17.5. The van der Waals surface area contributed by atoms with Crippen molar-refractivity contribution < 1.29 is 4.79 Å². The Morgan fingerprint density at radius 2 is 1.80 bits per heavy atom. The van der Waals surface area contributed by atoms with Crippen LogP contribution in [-0.2, 0) is 12.8 Å². The Labute approximate surface area is 154 Å². The molecule has 0 atom stereocenters. The Bertz CT molecular complexity index is 959. The van der Waals surface area contributed by atoms with E-state index < -0.39 is 5.91 Å². The average molecular weight is 375 g/mol. The third kappa shape index (κ3) is 3.67. The Morgan fingerprint density at radius 1 is 1.04 bits per heavy atom. The Hall–Kier alpha value is -2.37. The molecule has 0 saturated heterocycles. The van der Waals surface area contributed by atoms with Crippen LogP contribution in [0.25, 0.3) is 10.9 Å². The number of fused-ring (bicyclic) bond motifs is 1. The number of rotatable bonds is 5. The molecular formula is C18H16Cl2N4O. The van der Waals surface area contributed by atoms with Crippen LogP contribution < -0.4 is 11.5 Å². The van der Waals surface area contributed by atoms with Gasteiger partial charge in [0.25, 0.3) is 5.91 Å². The summed E-state index contributed by atoms with van der Waals surface area (Å²) in [5, 5.41) is 10.1. The molecule has 128 valence electrons. The SMILES string of the molecule is NC(=O)c1nnc2c(CCCc3cc(Cl)ccc3Cl)cccc2c1N. The lowest BCUT2D eigenvalue weighted by Gasteiger charge is -2.09. The fraction of sp³-hybridized carbons (Fsp3) is 0.167. The summed E-state index contributed by atoms with van der Waals surface area (Å²) in [7, 11) is 0. The summed E-state index contributed by atoms with van der Waals surface area (Å²) < 4.78 is 0. The molecule has 0 fully saturated rings. The highest BCUT2D eigenvalue weighted by atomic mass is 35.5. The number of nitrogens with zero attached hydrogens (tertiary/aromatic N) is 2. The van der Waals surface area contributed by atoms with Gasteiger partial charge in [0.1, 0.15) is 0 Å². The molecule has 25 heavy (non-hydrogen) atoms. The van der Waals surface area contributed by atoms with Crippen molar-refractivity contribution in [2.45, 2.75) is 19.3 Å². The van der Waals surface area contributed by atoms with Gasteiger partial charge in [-0.2, -0.15) is 0 Å². The molecule has 5 nitrogen and oxygen atoms in total. The molecule has 1 heterocycles. The van der Waals surface area contributed by atoms with Crippen molar-refractivity contribution in [3.63, 3.8) is 0 Å². The van der Waals surface area contributed by atoms with Crippen LogP contribution in [0.5, 0.6) is 0 Å². The highest BCUT2D eigenvalue weighted by Crippen LogP contribution is 2.26. The van der Waals surface area contributed by atoms with Gasteiger partial charge in [-0.3, -0.25) is 4.79 Å². The van der Waals surface area contributed by atoms with Crippen LogP contribution in [0.2, 0.25) is 10.0 Å². The molecular weight excluding hydrogens is 359 g/mol. The molecule has 0 radical (unpaired) electrons. The zero-order valence-corrected chi connectivity index (χ0v) is 14.8. The predicted octanol–water partition coefficient (Wildman–Crippen LogP) is 3.79. The minimum atomic E-state index is -0.687. The van der Waals surface area contributed by atoms with Gasteiger partial charge in [-0.1, -0.05) is 41.4 Å². The molecule has 0 unspecified atom stereocenters. The van der Waals surface area contributed by atoms with E-state index in [4.69, 9.17) is 34.7 Å². The standard InChI is InChI=1S/C18H16Cl2N4O/c19-12-7-8-14(20)11(9-12)5-1-3-10-4-2-6-13-15(21)17(18(22)25)24-23-16(10)13/h2,4,6-9H,1,3,5H2,(H2,21,23)(H2,22,25). The van der Waals surface area contributed by atoms with Gasteiger partial charge in [0.15, 0.2) is 5.69 Å². The second-order valence-electron chi connectivity index (χ2n) is 5.73. The quantitative estimate of drug-likeness (QED) is 0.709. The number of benzene rings is 2. The number of aromatic nitrogens is 2. The van der Waals surface area contributed by atoms with Gasteiger partial charge >= 0.3 is 0 Å². The number of carbonyl (C=O) groups is 1. The number of halogens is 2. The van der Waals surface area contributed by atoms with Crippen LogP contribution >= 0.6 is 23.2 Å². The van der Waals surface area contributed by atoms with E-state index in [1.807, 2.05) is 24.3 Å². The smallest absolute Gasteiger partial charge is 0.271 e. The highest BCUT2D eigenvalue weighted by molar-refractivity contribution is 6.33. The minimum Gasteiger partial charge on any atom is -0.396 e. The first-order chi connectivity index (χ1) is 12.0. The summed E-state index contributed by atoms with van der Waals surface area (Å²) >= 11 is 12.2. The first-order valence-corrected chi connectivity index (χ1v) is 8.50. The number of primary amides is 1. The lowest BCUT2D eigenvalue weighted by molar-refractivity contribution is 0.0996. The van der Waals surface area contributed by atoms with Crippen molar-refractivity contribution in [2.75, 3.05) is 5.73 Å². The number of anilines is 1. The molecule has 0 saturated carbocycles. The second-order valence-corrected chi connectivity index (χ2v) is 6.57. The molecule has 7 heteroatoms. The summed E-state index contributed by atoms with van der Waals surface area (Å²) in [6.07, 6.45) is 2.42. The summed E-state index contributed by atoms with van der Waals surface area (Å²) in [6, 6.07) is 11.1. The van der Waals surface area contributed by atoms with E-state index in [0.717, 1.165) is 30.4 Å². The number of hydrogen-bond acceptors (Lipinski definition) is 4. The largest absolute Gasteiger partial charge is 0.396 e. The highest BCUT2D eigenvalue weighted by Gasteiger charge is 2.14. The lowest BCUT2D eigenvalue weighted by atomic mass is 10.0. The monoisotopic (exact) mass is 374 g/mol. The van der Waals surface area contributed by atoms with E-state index in [-0.39, 0.29) is 11.4 Å². The fourth-order valence-electron chi connectivity index (χ4n) is 2.80. The average Bonchev–Trinajstić information content (AvgIpc) is 2.58. The molecule has 1 aromatic heterocycles. The second kappa shape index (κ2) is 7.25. The van der Waals surface area contributed by atoms with E-state index in [1.165, 1.54) is 0 Å². The number of nitrogen functional groups attached to an aromatic ring is 1. The fourth-order valence-corrected chi connectivity index (χ4v) is 3.20. The number of hydrogen-bond donors (Lipinski definition) is 2. The zero-order valence-electron chi connectivity index (χ0n) is 13.3. The third-order valence-electron chi connectivity index (χ3n) is 4.05. The normalized spacial score (nSPS) is 11.0. The van der Waals surface area contributed by atoms with Crippen LogP contribution in [0.1, 0.15) is 28.0 Å². The van der Waals surface area contributed by atoms with E-state index in [9.17, 15) is 4.79 Å². The maximum Gasteiger partial charge on any atom is 0.271 e. The van der Waals surface area contributed by atoms with E-state index in [1.54, 1.807) is 12.1 Å². The van der Waals surface area contributed by atoms with Crippen molar-refractivity contribution in [3.8, 4) is 0 Å². The van der Waals surface area contributed by atoms with Crippen LogP contribution in [0.15, 0.2) is 36.4 Å². The van der Waals surface area contributed by atoms with Gasteiger partial charge in [-0.15, -0.1) is 10.2 Å². The summed E-state index contributed by atoms with van der Waals surface area (Å²) in [6.45, 7) is 0. The van der Waals surface area contributed by atoms with Gasteiger partial charge in [0.2, 0.25) is 0 Å². The van der Waals surface area contributed by atoms with Crippen LogP contribution in [-0.4, -0.2) is 16.1 Å². The Morgan fingerprint density at radius 3 is 2.56 bits per heavy atom. The molecule has 3 rings (SSSR count). The zero-order chi connectivity index (χ0) is 18.0. The third-order valence-corrected chi connectivity index (χ3v) is 4.65.